The quantitative estimate of drug-likeness (QED) is 0.748. The van der Waals surface area contributed by atoms with Gasteiger partial charge in [-0.25, -0.2) is 4.79 Å². The van der Waals surface area contributed by atoms with Crippen LogP contribution in [0.5, 0.6) is 0 Å². The van der Waals surface area contributed by atoms with Gasteiger partial charge in [0.25, 0.3) is 0 Å². The molecule has 1 unspecified atom stereocenters. The third kappa shape index (κ3) is 3.62. The van der Waals surface area contributed by atoms with Gasteiger partial charge >= 0.3 is 6.03 Å². The van der Waals surface area contributed by atoms with E-state index in [0.29, 0.717) is 12.0 Å². The van der Waals surface area contributed by atoms with Gasteiger partial charge in [-0.1, -0.05) is 13.8 Å². The van der Waals surface area contributed by atoms with Gasteiger partial charge in [0.1, 0.15) is 0 Å². The minimum Gasteiger partial charge on any atom is -0.335 e. The third-order valence-corrected chi connectivity index (χ3v) is 4.29. The fourth-order valence-electron chi connectivity index (χ4n) is 3.04. The molecule has 0 radical (unpaired) electrons. The van der Waals surface area contributed by atoms with E-state index in [1.54, 1.807) is 0 Å². The Labute approximate surface area is 105 Å². The average molecular weight is 238 g/mol. The van der Waals surface area contributed by atoms with Crippen molar-refractivity contribution >= 4 is 6.03 Å². The zero-order valence-electron chi connectivity index (χ0n) is 11.2. The maximum Gasteiger partial charge on any atom is 0.317 e. The Morgan fingerprint density at radius 1 is 1.06 bits per heavy atom. The molecule has 17 heavy (non-hydrogen) atoms. The summed E-state index contributed by atoms with van der Waals surface area (Å²) in [4.78, 5) is 14.1. The molecule has 0 aromatic rings. The number of hydrogen-bond acceptors (Lipinski definition) is 1. The number of carbonyl (C=O) groups excluding carboxylic acids is 1. The number of urea groups is 1. The van der Waals surface area contributed by atoms with Crippen molar-refractivity contribution in [1.82, 2.24) is 10.2 Å². The molecule has 3 heteroatoms. The summed E-state index contributed by atoms with van der Waals surface area (Å²) in [7, 11) is 0. The van der Waals surface area contributed by atoms with Crippen molar-refractivity contribution in [3.8, 4) is 0 Å². The van der Waals surface area contributed by atoms with E-state index >= 15 is 0 Å². The number of nitrogens with one attached hydrogen (secondary N) is 1. The van der Waals surface area contributed by atoms with Crippen LogP contribution in [-0.4, -0.2) is 30.1 Å². The fourth-order valence-corrected chi connectivity index (χ4v) is 3.04. The summed E-state index contributed by atoms with van der Waals surface area (Å²) >= 11 is 0. The first-order valence-electron chi connectivity index (χ1n) is 7.20. The summed E-state index contributed by atoms with van der Waals surface area (Å²) < 4.78 is 0. The highest BCUT2D eigenvalue weighted by Gasteiger charge is 2.24. The van der Waals surface area contributed by atoms with E-state index in [1.165, 1.54) is 19.3 Å². The van der Waals surface area contributed by atoms with E-state index < -0.39 is 0 Å². The summed E-state index contributed by atoms with van der Waals surface area (Å²) in [5, 5.41) is 3.22. The summed E-state index contributed by atoms with van der Waals surface area (Å²) in [5.41, 5.74) is 0. The van der Waals surface area contributed by atoms with Gasteiger partial charge in [-0.3, -0.25) is 0 Å². The minimum atomic E-state index is 0.177. The van der Waals surface area contributed by atoms with Crippen LogP contribution in [0.15, 0.2) is 0 Å². The second-order valence-corrected chi connectivity index (χ2v) is 6.10. The van der Waals surface area contributed by atoms with Crippen LogP contribution >= 0.6 is 0 Å². The molecule has 1 saturated carbocycles. The number of hydrogen-bond donors (Lipinski definition) is 1. The third-order valence-electron chi connectivity index (χ3n) is 4.29. The van der Waals surface area contributed by atoms with Crippen molar-refractivity contribution in [2.45, 2.75) is 58.4 Å². The van der Waals surface area contributed by atoms with E-state index in [9.17, 15) is 4.79 Å². The van der Waals surface area contributed by atoms with Crippen molar-refractivity contribution in [1.29, 1.82) is 0 Å². The minimum absolute atomic E-state index is 0.177. The Balaban J connectivity index is 1.76. The van der Waals surface area contributed by atoms with Gasteiger partial charge < -0.3 is 10.2 Å². The molecular weight excluding hydrogens is 212 g/mol. The second kappa shape index (κ2) is 5.74. The highest BCUT2D eigenvalue weighted by molar-refractivity contribution is 5.74. The maximum atomic E-state index is 12.1. The zero-order chi connectivity index (χ0) is 12.3. The van der Waals surface area contributed by atoms with E-state index in [0.717, 1.165) is 38.3 Å². The predicted octanol–water partition coefficient (Wildman–Crippen LogP) is 3.01. The molecule has 1 atom stereocenters. The number of carbonyl (C=O) groups is 1. The summed E-state index contributed by atoms with van der Waals surface area (Å²) in [6.45, 7) is 6.43. The van der Waals surface area contributed by atoms with E-state index in [1.807, 2.05) is 4.90 Å². The SMILES string of the molecule is CC1CCC(NC(=O)N2CCCC(C)C2)CC1. The van der Waals surface area contributed by atoms with Crippen LogP contribution in [0.1, 0.15) is 52.4 Å². The average Bonchev–Trinajstić information content (AvgIpc) is 2.32. The van der Waals surface area contributed by atoms with Crippen molar-refractivity contribution in [2.24, 2.45) is 11.8 Å². The largest absolute Gasteiger partial charge is 0.335 e. The van der Waals surface area contributed by atoms with Gasteiger partial charge in [0.2, 0.25) is 0 Å². The van der Waals surface area contributed by atoms with Crippen molar-refractivity contribution in [3.05, 3.63) is 0 Å². The van der Waals surface area contributed by atoms with Crippen LogP contribution in [0, 0.1) is 11.8 Å². The normalized spacial score (nSPS) is 34.5. The molecule has 2 amide bonds. The molecule has 2 rings (SSSR count). The highest BCUT2D eigenvalue weighted by atomic mass is 16.2. The van der Waals surface area contributed by atoms with Gasteiger partial charge in [0.15, 0.2) is 0 Å². The molecule has 1 heterocycles. The highest BCUT2D eigenvalue weighted by Crippen LogP contribution is 2.24. The molecular formula is C14H26N2O. The monoisotopic (exact) mass is 238 g/mol. The number of amides is 2. The standard InChI is InChI=1S/C14H26N2O/c1-11-5-7-13(8-6-11)15-14(17)16-9-3-4-12(2)10-16/h11-13H,3-10H2,1-2H3,(H,15,17). The Morgan fingerprint density at radius 2 is 1.76 bits per heavy atom. The molecule has 0 aromatic heterocycles. The molecule has 0 aromatic carbocycles. The Kier molecular flexibility index (Phi) is 4.30. The van der Waals surface area contributed by atoms with Crippen LogP contribution in [0.25, 0.3) is 0 Å². The molecule has 1 aliphatic carbocycles. The van der Waals surface area contributed by atoms with Gasteiger partial charge in [-0.2, -0.15) is 0 Å². The van der Waals surface area contributed by atoms with Gasteiger partial charge in [-0.15, -0.1) is 0 Å². The Bertz CT molecular complexity index is 259. The lowest BCUT2D eigenvalue weighted by atomic mass is 9.87. The summed E-state index contributed by atoms with van der Waals surface area (Å²) in [6, 6.07) is 0.604. The van der Waals surface area contributed by atoms with Crippen LogP contribution in [0.2, 0.25) is 0 Å². The molecule has 1 saturated heterocycles. The lowest BCUT2D eigenvalue weighted by Gasteiger charge is -2.34. The molecule has 2 aliphatic rings. The number of piperidine rings is 1. The Hall–Kier alpha value is -0.730. The predicted molar refractivity (Wildman–Crippen MR) is 69.9 cm³/mol. The van der Waals surface area contributed by atoms with Crippen LogP contribution in [-0.2, 0) is 0 Å². The lowest BCUT2D eigenvalue weighted by Crippen LogP contribution is -2.49. The molecule has 98 valence electrons. The smallest absolute Gasteiger partial charge is 0.317 e. The first-order valence-corrected chi connectivity index (χ1v) is 7.20. The molecule has 3 nitrogen and oxygen atoms in total. The Morgan fingerprint density at radius 3 is 2.41 bits per heavy atom. The lowest BCUT2D eigenvalue weighted by molar-refractivity contribution is 0.162. The van der Waals surface area contributed by atoms with Crippen molar-refractivity contribution < 1.29 is 4.79 Å². The van der Waals surface area contributed by atoms with E-state index in [2.05, 4.69) is 19.2 Å². The molecule has 0 spiro atoms. The van der Waals surface area contributed by atoms with Gasteiger partial charge in [0, 0.05) is 19.1 Å². The second-order valence-electron chi connectivity index (χ2n) is 6.10. The summed E-state index contributed by atoms with van der Waals surface area (Å²) in [6.07, 6.45) is 7.29. The molecule has 1 aliphatic heterocycles. The number of nitrogens with zero attached hydrogens (tertiary/aromatic N) is 1. The first-order chi connectivity index (χ1) is 8.15. The van der Waals surface area contributed by atoms with Gasteiger partial charge in [0.05, 0.1) is 0 Å². The topological polar surface area (TPSA) is 32.3 Å². The fraction of sp³-hybridized carbons (Fsp3) is 0.929. The summed E-state index contributed by atoms with van der Waals surface area (Å²) in [5.74, 6) is 1.51. The van der Waals surface area contributed by atoms with Gasteiger partial charge in [-0.05, 0) is 50.4 Å². The number of likely N-dealkylation sites (tertiary alicyclic amines) is 1. The molecule has 2 fully saturated rings. The number of rotatable bonds is 1. The van der Waals surface area contributed by atoms with Crippen molar-refractivity contribution in [2.75, 3.05) is 13.1 Å². The first kappa shape index (κ1) is 12.7. The zero-order valence-corrected chi connectivity index (χ0v) is 11.2. The maximum absolute atomic E-state index is 12.1. The van der Waals surface area contributed by atoms with Crippen molar-refractivity contribution in [3.63, 3.8) is 0 Å². The van der Waals surface area contributed by atoms with Crippen LogP contribution in [0.4, 0.5) is 4.79 Å². The molecule has 0 bridgehead atoms. The van der Waals surface area contributed by atoms with E-state index in [-0.39, 0.29) is 6.03 Å². The van der Waals surface area contributed by atoms with E-state index in [4.69, 9.17) is 0 Å². The molecule has 1 N–H and O–H groups in total. The van der Waals surface area contributed by atoms with Crippen LogP contribution in [0.3, 0.4) is 0 Å². The van der Waals surface area contributed by atoms with Crippen LogP contribution < -0.4 is 5.32 Å².